The van der Waals surface area contributed by atoms with Crippen molar-refractivity contribution in [2.24, 2.45) is 27.7 Å². The SMILES string of the molecule is CCCCCC([C+]1N=CC=N1)C(Cc1ccccc1)C(C)C. The van der Waals surface area contributed by atoms with Crippen molar-refractivity contribution in [2.45, 2.75) is 52.9 Å². The molecule has 22 heavy (non-hydrogen) atoms. The number of unbranched alkanes of at least 4 members (excludes halogenated alkanes) is 2. The Hall–Kier alpha value is -1.57. The van der Waals surface area contributed by atoms with Crippen LogP contribution in [0, 0.1) is 23.9 Å². The summed E-state index contributed by atoms with van der Waals surface area (Å²) >= 11 is 0. The van der Waals surface area contributed by atoms with E-state index >= 15 is 0 Å². The molecule has 2 rings (SSSR count). The largest absolute Gasteiger partial charge is 0.244 e. The van der Waals surface area contributed by atoms with Crippen LogP contribution in [0.3, 0.4) is 0 Å². The molecule has 0 radical (unpaired) electrons. The molecule has 0 spiro atoms. The molecule has 0 saturated heterocycles. The standard InChI is InChI=1S/C20H29N2/c1-4-5-7-12-18(20-21-13-14-22-20)19(16(2)3)15-17-10-8-6-9-11-17/h6,8-11,13-14,16,18-19H,4-5,7,12,15H2,1-3H3/q+1. The van der Waals surface area contributed by atoms with Crippen molar-refractivity contribution in [2.75, 3.05) is 0 Å². The molecule has 0 saturated carbocycles. The third kappa shape index (κ3) is 4.72. The van der Waals surface area contributed by atoms with Gasteiger partial charge in [-0.05, 0) is 30.2 Å². The molecule has 1 aliphatic rings. The van der Waals surface area contributed by atoms with Crippen LogP contribution in [0.2, 0.25) is 0 Å². The van der Waals surface area contributed by atoms with Crippen molar-refractivity contribution in [3.63, 3.8) is 0 Å². The summed E-state index contributed by atoms with van der Waals surface area (Å²) in [5, 5.41) is 0. The number of aliphatic imine (C=N–C) groups is 2. The molecular weight excluding hydrogens is 268 g/mol. The lowest BCUT2D eigenvalue weighted by Gasteiger charge is -2.29. The first kappa shape index (κ1) is 16.8. The van der Waals surface area contributed by atoms with Crippen LogP contribution < -0.4 is 0 Å². The van der Waals surface area contributed by atoms with E-state index in [9.17, 15) is 0 Å². The van der Waals surface area contributed by atoms with Crippen LogP contribution in [-0.2, 0) is 6.42 Å². The van der Waals surface area contributed by atoms with E-state index in [1.807, 2.05) is 12.4 Å². The van der Waals surface area contributed by atoms with Gasteiger partial charge in [0.1, 0.15) is 0 Å². The van der Waals surface area contributed by atoms with E-state index in [0.29, 0.717) is 17.8 Å². The molecule has 0 aliphatic carbocycles. The highest BCUT2D eigenvalue weighted by atomic mass is 15.0. The lowest BCUT2D eigenvalue weighted by Crippen LogP contribution is -2.26. The van der Waals surface area contributed by atoms with Gasteiger partial charge in [0, 0.05) is 0 Å². The molecule has 1 aromatic rings. The highest BCUT2D eigenvalue weighted by Gasteiger charge is 2.36. The molecule has 1 heterocycles. The van der Waals surface area contributed by atoms with Crippen LogP contribution in [-0.4, -0.2) is 12.4 Å². The summed E-state index contributed by atoms with van der Waals surface area (Å²) in [6.07, 6.45) is 10.9. The van der Waals surface area contributed by atoms with Gasteiger partial charge in [0.25, 0.3) is 0 Å². The van der Waals surface area contributed by atoms with Gasteiger partial charge in [-0.3, -0.25) is 0 Å². The Morgan fingerprint density at radius 1 is 1.00 bits per heavy atom. The fourth-order valence-corrected chi connectivity index (χ4v) is 3.32. The Bertz CT molecular complexity index is 464. The van der Waals surface area contributed by atoms with Gasteiger partial charge in [0.05, 0.1) is 5.92 Å². The second-order valence-corrected chi connectivity index (χ2v) is 6.61. The third-order valence-corrected chi connectivity index (χ3v) is 4.62. The van der Waals surface area contributed by atoms with E-state index < -0.39 is 0 Å². The normalized spacial score (nSPS) is 16.5. The zero-order valence-corrected chi connectivity index (χ0v) is 14.2. The highest BCUT2D eigenvalue weighted by molar-refractivity contribution is 6.18. The highest BCUT2D eigenvalue weighted by Crippen LogP contribution is 2.37. The van der Waals surface area contributed by atoms with Gasteiger partial charge >= 0.3 is 0 Å². The summed E-state index contributed by atoms with van der Waals surface area (Å²) in [5.41, 5.74) is 1.42. The minimum atomic E-state index is 0.474. The van der Waals surface area contributed by atoms with Crippen LogP contribution in [0.1, 0.15) is 52.0 Å². The fraction of sp³-hybridized carbons (Fsp3) is 0.550. The van der Waals surface area contributed by atoms with Crippen LogP contribution in [0.25, 0.3) is 0 Å². The maximum Gasteiger partial charge on any atom is 0.244 e. The summed E-state index contributed by atoms with van der Waals surface area (Å²) in [6, 6.07) is 10.8. The molecule has 2 atom stereocenters. The predicted octanol–water partition coefficient (Wildman–Crippen LogP) is 5.34. The number of hydrogen-bond acceptors (Lipinski definition) is 2. The molecule has 1 aromatic carbocycles. The quantitative estimate of drug-likeness (QED) is 0.434. The number of rotatable bonds is 9. The molecule has 2 unspecified atom stereocenters. The number of nitrogens with zero attached hydrogens (tertiary/aromatic N) is 2. The lowest BCUT2D eigenvalue weighted by atomic mass is 9.75. The third-order valence-electron chi connectivity index (χ3n) is 4.62. The molecule has 118 valence electrons. The Labute approximate surface area is 135 Å². The van der Waals surface area contributed by atoms with Gasteiger partial charge in [-0.2, -0.15) is 0 Å². The molecular formula is C20H29N2+. The van der Waals surface area contributed by atoms with Gasteiger partial charge in [0.15, 0.2) is 12.4 Å². The second-order valence-electron chi connectivity index (χ2n) is 6.61. The van der Waals surface area contributed by atoms with Crippen molar-refractivity contribution in [3.8, 4) is 0 Å². The first-order chi connectivity index (χ1) is 10.7. The molecule has 2 nitrogen and oxygen atoms in total. The molecule has 0 N–H and O–H groups in total. The average Bonchev–Trinajstić information content (AvgIpc) is 3.05. The molecule has 0 amide bonds. The van der Waals surface area contributed by atoms with Gasteiger partial charge < -0.3 is 0 Å². The smallest absolute Gasteiger partial charge is 0.0965 e. The summed E-state index contributed by atoms with van der Waals surface area (Å²) in [6.45, 7) is 6.94. The Balaban J connectivity index is 2.12. The summed E-state index contributed by atoms with van der Waals surface area (Å²) in [5.74, 6) is 1.70. The van der Waals surface area contributed by atoms with Gasteiger partial charge in [-0.1, -0.05) is 80.4 Å². The zero-order valence-electron chi connectivity index (χ0n) is 14.2. The van der Waals surface area contributed by atoms with Gasteiger partial charge in [-0.25, -0.2) is 0 Å². The molecule has 0 fully saturated rings. The minimum Gasteiger partial charge on any atom is -0.0965 e. The topological polar surface area (TPSA) is 24.7 Å². The number of hydrogen-bond donors (Lipinski definition) is 0. The molecule has 0 bridgehead atoms. The Kier molecular flexibility index (Phi) is 6.70. The monoisotopic (exact) mass is 297 g/mol. The van der Waals surface area contributed by atoms with E-state index in [0.717, 1.165) is 12.6 Å². The zero-order chi connectivity index (χ0) is 15.8. The Morgan fingerprint density at radius 2 is 1.68 bits per heavy atom. The predicted molar refractivity (Wildman–Crippen MR) is 96.3 cm³/mol. The maximum atomic E-state index is 4.53. The van der Waals surface area contributed by atoms with E-state index in [1.165, 1.54) is 31.2 Å². The van der Waals surface area contributed by atoms with Gasteiger partial charge in [-0.15, -0.1) is 0 Å². The summed E-state index contributed by atoms with van der Waals surface area (Å²) in [7, 11) is 0. The van der Waals surface area contributed by atoms with Crippen molar-refractivity contribution < 1.29 is 0 Å². The first-order valence-corrected chi connectivity index (χ1v) is 8.69. The summed E-state index contributed by atoms with van der Waals surface area (Å²) < 4.78 is 0. The van der Waals surface area contributed by atoms with E-state index in [2.05, 4.69) is 61.1 Å². The summed E-state index contributed by atoms with van der Waals surface area (Å²) in [4.78, 5) is 9.06. The Morgan fingerprint density at radius 3 is 2.27 bits per heavy atom. The van der Waals surface area contributed by atoms with Crippen LogP contribution >= 0.6 is 0 Å². The van der Waals surface area contributed by atoms with Crippen LogP contribution in [0.5, 0.6) is 0 Å². The van der Waals surface area contributed by atoms with Crippen LogP contribution in [0.4, 0.5) is 0 Å². The van der Waals surface area contributed by atoms with E-state index in [1.54, 1.807) is 0 Å². The minimum absolute atomic E-state index is 0.474. The van der Waals surface area contributed by atoms with Crippen molar-refractivity contribution in [3.05, 3.63) is 42.1 Å². The average molecular weight is 297 g/mol. The van der Waals surface area contributed by atoms with E-state index in [4.69, 9.17) is 0 Å². The number of benzene rings is 1. The molecule has 0 aromatic heterocycles. The second kappa shape index (κ2) is 8.77. The first-order valence-electron chi connectivity index (χ1n) is 8.69. The van der Waals surface area contributed by atoms with Crippen molar-refractivity contribution in [1.29, 1.82) is 0 Å². The maximum absolute atomic E-state index is 4.53. The van der Waals surface area contributed by atoms with Crippen molar-refractivity contribution in [1.82, 2.24) is 0 Å². The van der Waals surface area contributed by atoms with Crippen LogP contribution in [0.15, 0.2) is 40.3 Å². The molecule has 2 heteroatoms. The fourth-order valence-electron chi connectivity index (χ4n) is 3.32. The lowest BCUT2D eigenvalue weighted by molar-refractivity contribution is 0.240. The van der Waals surface area contributed by atoms with Crippen molar-refractivity contribution >= 4 is 12.4 Å². The molecule has 1 aliphatic heterocycles. The van der Waals surface area contributed by atoms with E-state index in [-0.39, 0.29) is 0 Å². The van der Waals surface area contributed by atoms with Gasteiger partial charge in [0.2, 0.25) is 6.17 Å².